The van der Waals surface area contributed by atoms with Gasteiger partial charge in [0.25, 0.3) is 5.56 Å². The molecular formula is C26H32F3N7O3S. The lowest BCUT2D eigenvalue weighted by atomic mass is 9.93. The summed E-state index contributed by atoms with van der Waals surface area (Å²) in [5.74, 6) is -1.26. The summed E-state index contributed by atoms with van der Waals surface area (Å²) in [5.41, 5.74) is -2.01. The van der Waals surface area contributed by atoms with Crippen molar-refractivity contribution in [2.75, 3.05) is 42.8 Å². The molecule has 1 atom stereocenters. The number of halogens is 3. The van der Waals surface area contributed by atoms with Crippen LogP contribution in [0.2, 0.25) is 0 Å². The standard InChI is InChI=1S/C26H32F3N7O3S/c1-35-24-17(14-32-26(33-24)31-9-2-3-16-6-10-30-11-7-16)13-19(25(35)37)22-20(28)4-5-21(23(22)29)34-40(38,39)36-12-8-18(27)15-36/h4-5,13-14,16,18,30,34H,2-3,6-12,15H2,1H3,(H,31,32,33). The van der Waals surface area contributed by atoms with Crippen molar-refractivity contribution in [1.29, 1.82) is 0 Å². The molecule has 1 aromatic carbocycles. The van der Waals surface area contributed by atoms with E-state index >= 15 is 4.39 Å². The second-order valence-corrected chi connectivity index (χ2v) is 12.0. The Labute approximate surface area is 230 Å². The van der Waals surface area contributed by atoms with Crippen molar-refractivity contribution >= 4 is 32.9 Å². The predicted octanol–water partition coefficient (Wildman–Crippen LogP) is 3.17. The molecule has 10 nitrogen and oxygen atoms in total. The molecule has 2 aliphatic heterocycles. The normalized spacial score (nSPS) is 18.9. The Morgan fingerprint density at radius 3 is 2.67 bits per heavy atom. The first-order valence-electron chi connectivity index (χ1n) is 13.4. The molecule has 0 saturated carbocycles. The molecule has 0 spiro atoms. The van der Waals surface area contributed by atoms with Crippen molar-refractivity contribution in [2.24, 2.45) is 13.0 Å². The minimum Gasteiger partial charge on any atom is -0.354 e. The van der Waals surface area contributed by atoms with Crippen molar-refractivity contribution < 1.29 is 21.6 Å². The second-order valence-electron chi connectivity index (χ2n) is 10.3. The van der Waals surface area contributed by atoms with E-state index in [1.807, 2.05) is 0 Å². The van der Waals surface area contributed by atoms with Crippen LogP contribution >= 0.6 is 0 Å². The van der Waals surface area contributed by atoms with Gasteiger partial charge in [-0.15, -0.1) is 0 Å². The van der Waals surface area contributed by atoms with Crippen LogP contribution in [0.15, 0.2) is 29.2 Å². The lowest BCUT2D eigenvalue weighted by Crippen LogP contribution is -2.34. The van der Waals surface area contributed by atoms with Gasteiger partial charge in [-0.2, -0.15) is 17.7 Å². The molecule has 2 aromatic heterocycles. The van der Waals surface area contributed by atoms with Gasteiger partial charge in [0.15, 0.2) is 5.82 Å². The first kappa shape index (κ1) is 28.3. The smallest absolute Gasteiger partial charge is 0.301 e. The molecule has 3 aromatic rings. The van der Waals surface area contributed by atoms with E-state index in [0.717, 1.165) is 42.4 Å². The number of nitrogens with zero attached hydrogens (tertiary/aromatic N) is 4. The number of rotatable bonds is 9. The summed E-state index contributed by atoms with van der Waals surface area (Å²) in [6.07, 6.45) is 4.57. The first-order valence-corrected chi connectivity index (χ1v) is 14.8. The number of nitrogens with one attached hydrogen (secondary N) is 3. The van der Waals surface area contributed by atoms with Crippen LogP contribution < -0.4 is 20.9 Å². The van der Waals surface area contributed by atoms with Crippen molar-refractivity contribution in [1.82, 2.24) is 24.2 Å². The van der Waals surface area contributed by atoms with Crippen LogP contribution in [0.5, 0.6) is 0 Å². The second kappa shape index (κ2) is 11.7. The number of pyridine rings is 1. The molecule has 1 unspecified atom stereocenters. The minimum atomic E-state index is -4.29. The number of hydrogen-bond acceptors (Lipinski definition) is 7. The predicted molar refractivity (Wildman–Crippen MR) is 147 cm³/mol. The third-order valence-electron chi connectivity index (χ3n) is 7.51. The highest BCUT2D eigenvalue weighted by Gasteiger charge is 2.32. The van der Waals surface area contributed by atoms with Crippen LogP contribution in [-0.4, -0.2) is 66.2 Å². The van der Waals surface area contributed by atoms with Crippen LogP contribution in [0.25, 0.3) is 22.2 Å². The van der Waals surface area contributed by atoms with Gasteiger partial charge in [0, 0.05) is 38.3 Å². The number of fused-ring (bicyclic) bond motifs is 1. The Morgan fingerprint density at radius 1 is 1.18 bits per heavy atom. The van der Waals surface area contributed by atoms with E-state index in [9.17, 15) is 22.0 Å². The summed E-state index contributed by atoms with van der Waals surface area (Å²) in [4.78, 5) is 22.0. The van der Waals surface area contributed by atoms with Gasteiger partial charge in [-0.1, -0.05) is 0 Å². The molecule has 14 heteroatoms. The average molecular weight is 580 g/mol. The molecule has 40 heavy (non-hydrogen) atoms. The zero-order chi connectivity index (χ0) is 28.4. The van der Waals surface area contributed by atoms with Crippen molar-refractivity contribution in [3.63, 3.8) is 0 Å². The summed E-state index contributed by atoms with van der Waals surface area (Å²) in [6, 6.07) is 3.08. The molecule has 0 aliphatic carbocycles. The Morgan fingerprint density at radius 2 is 1.95 bits per heavy atom. The Kier molecular flexibility index (Phi) is 8.29. The number of aryl methyl sites for hydroxylation is 1. The molecule has 4 heterocycles. The van der Waals surface area contributed by atoms with Crippen molar-refractivity contribution in [2.45, 2.75) is 38.3 Å². The van der Waals surface area contributed by atoms with Crippen LogP contribution in [-0.2, 0) is 17.3 Å². The highest BCUT2D eigenvalue weighted by molar-refractivity contribution is 7.90. The minimum absolute atomic E-state index is 0.0306. The van der Waals surface area contributed by atoms with E-state index in [2.05, 4.69) is 25.3 Å². The molecule has 2 fully saturated rings. The van der Waals surface area contributed by atoms with Crippen LogP contribution in [0, 0.1) is 17.6 Å². The van der Waals surface area contributed by atoms with Gasteiger partial charge in [0.1, 0.15) is 17.6 Å². The molecule has 0 radical (unpaired) electrons. The van der Waals surface area contributed by atoms with E-state index in [0.29, 0.717) is 23.8 Å². The molecule has 3 N–H and O–H groups in total. The van der Waals surface area contributed by atoms with Gasteiger partial charge >= 0.3 is 10.2 Å². The Hall–Kier alpha value is -3.23. The van der Waals surface area contributed by atoms with E-state index in [-0.39, 0.29) is 30.7 Å². The monoisotopic (exact) mass is 579 g/mol. The molecule has 0 amide bonds. The van der Waals surface area contributed by atoms with Gasteiger partial charge in [-0.3, -0.25) is 14.1 Å². The zero-order valence-electron chi connectivity index (χ0n) is 22.1. The lowest BCUT2D eigenvalue weighted by molar-refractivity contribution is 0.343. The summed E-state index contributed by atoms with van der Waals surface area (Å²) in [5, 5.41) is 6.90. The van der Waals surface area contributed by atoms with Crippen LogP contribution in [0.4, 0.5) is 24.8 Å². The average Bonchev–Trinajstić information content (AvgIpc) is 3.39. The SMILES string of the molecule is Cn1c(=O)c(-c2c(F)ccc(NS(=O)(=O)N3CCC(F)C3)c2F)cc2cnc(NCCCC3CCNCC3)nc21. The summed E-state index contributed by atoms with van der Waals surface area (Å²) in [7, 11) is -2.85. The van der Waals surface area contributed by atoms with Crippen LogP contribution in [0.3, 0.4) is 0 Å². The third-order valence-corrected chi connectivity index (χ3v) is 9.00. The fourth-order valence-electron chi connectivity index (χ4n) is 5.26. The number of anilines is 2. The van der Waals surface area contributed by atoms with Gasteiger partial charge in [-0.05, 0) is 69.3 Å². The summed E-state index contributed by atoms with van der Waals surface area (Å²) in [6.45, 7) is 2.35. The lowest BCUT2D eigenvalue weighted by Gasteiger charge is -2.22. The molecule has 2 saturated heterocycles. The Balaban J connectivity index is 1.38. The maximum Gasteiger partial charge on any atom is 0.301 e. The largest absolute Gasteiger partial charge is 0.354 e. The number of piperidine rings is 1. The highest BCUT2D eigenvalue weighted by Crippen LogP contribution is 2.31. The van der Waals surface area contributed by atoms with Crippen molar-refractivity contribution in [3.05, 3.63) is 46.4 Å². The van der Waals surface area contributed by atoms with E-state index in [1.165, 1.54) is 36.7 Å². The number of aromatic nitrogens is 3. The fraction of sp³-hybridized carbons (Fsp3) is 0.500. The van der Waals surface area contributed by atoms with E-state index in [1.54, 1.807) is 0 Å². The van der Waals surface area contributed by atoms with Crippen LogP contribution in [0.1, 0.15) is 32.1 Å². The highest BCUT2D eigenvalue weighted by atomic mass is 32.2. The molecule has 0 bridgehead atoms. The number of benzene rings is 1. The maximum atomic E-state index is 15.5. The quantitative estimate of drug-likeness (QED) is 0.333. The summed E-state index contributed by atoms with van der Waals surface area (Å²) < 4.78 is 73.3. The summed E-state index contributed by atoms with van der Waals surface area (Å²) >= 11 is 0. The molecular weight excluding hydrogens is 547 g/mol. The van der Waals surface area contributed by atoms with Crippen molar-refractivity contribution in [3.8, 4) is 11.1 Å². The van der Waals surface area contributed by atoms with Gasteiger partial charge in [0.2, 0.25) is 5.95 Å². The van der Waals surface area contributed by atoms with Gasteiger partial charge in [0.05, 0.1) is 16.8 Å². The third kappa shape index (κ3) is 5.93. The molecule has 216 valence electrons. The maximum absolute atomic E-state index is 15.5. The van der Waals surface area contributed by atoms with Gasteiger partial charge in [-0.25, -0.2) is 18.2 Å². The van der Waals surface area contributed by atoms with E-state index in [4.69, 9.17) is 0 Å². The topological polar surface area (TPSA) is 121 Å². The van der Waals surface area contributed by atoms with Gasteiger partial charge < -0.3 is 10.6 Å². The number of hydrogen-bond donors (Lipinski definition) is 3. The molecule has 5 rings (SSSR count). The molecule has 2 aliphatic rings. The first-order chi connectivity index (χ1) is 19.1. The number of alkyl halides is 1. The Bertz CT molecular complexity index is 1560. The zero-order valence-corrected chi connectivity index (χ0v) is 22.9. The fourth-order valence-corrected chi connectivity index (χ4v) is 6.53. The van der Waals surface area contributed by atoms with E-state index < -0.39 is 44.8 Å².